The molecule has 3 heterocycles. The summed E-state index contributed by atoms with van der Waals surface area (Å²) in [4.78, 5) is 30.6. The monoisotopic (exact) mass is 354 g/mol. The molecule has 2 atom stereocenters. The van der Waals surface area contributed by atoms with Gasteiger partial charge in [0.05, 0.1) is 13.0 Å². The number of hydrogen-bond donors (Lipinski definition) is 0. The highest BCUT2D eigenvalue weighted by molar-refractivity contribution is 5.80. The maximum absolute atomic E-state index is 12.7. The lowest BCUT2D eigenvalue weighted by molar-refractivity contribution is -0.145. The van der Waals surface area contributed by atoms with Crippen LogP contribution in [0.2, 0.25) is 0 Å². The molecule has 26 heavy (non-hydrogen) atoms. The first-order valence-corrected chi connectivity index (χ1v) is 8.71. The van der Waals surface area contributed by atoms with Gasteiger partial charge in [-0.2, -0.15) is 10.2 Å². The highest BCUT2D eigenvalue weighted by Gasteiger charge is 2.43. The molecule has 0 aromatic carbocycles. The number of pyridine rings is 1. The van der Waals surface area contributed by atoms with E-state index < -0.39 is 5.66 Å². The maximum atomic E-state index is 12.7. The van der Waals surface area contributed by atoms with Gasteiger partial charge < -0.3 is 9.64 Å². The predicted molar refractivity (Wildman–Crippen MR) is 94.0 cm³/mol. The second kappa shape index (κ2) is 7.65. The SMILES string of the molecule is C#CCCC1(CCC(=O)N2C[C@@H](C(=O)OC)[C@H](c3ccncc3)C2)N=N1. The van der Waals surface area contributed by atoms with Crippen LogP contribution >= 0.6 is 0 Å². The molecule has 1 aromatic heterocycles. The molecule has 1 amide bonds. The number of carbonyl (C=O) groups excluding carboxylic acids is 2. The minimum Gasteiger partial charge on any atom is -0.469 e. The average molecular weight is 354 g/mol. The highest BCUT2D eigenvalue weighted by Crippen LogP contribution is 2.39. The molecule has 2 aliphatic heterocycles. The van der Waals surface area contributed by atoms with Gasteiger partial charge in [0.2, 0.25) is 5.91 Å². The molecular formula is C19H22N4O3. The summed E-state index contributed by atoms with van der Waals surface area (Å²) in [6.45, 7) is 0.860. The van der Waals surface area contributed by atoms with Crippen molar-refractivity contribution in [2.75, 3.05) is 20.2 Å². The van der Waals surface area contributed by atoms with E-state index in [0.29, 0.717) is 38.8 Å². The van der Waals surface area contributed by atoms with Gasteiger partial charge >= 0.3 is 5.97 Å². The third kappa shape index (κ3) is 3.90. The van der Waals surface area contributed by atoms with Crippen LogP contribution in [0, 0.1) is 18.3 Å². The standard InChI is InChI=1S/C19H22N4O3/c1-3-4-8-19(21-22-19)9-5-17(24)23-12-15(14-6-10-20-11-7-14)16(13-23)18(25)26-2/h1,6-7,10-11,15-16H,4-5,8-9,12-13H2,2H3/t15-,16+/m0/s1. The quantitative estimate of drug-likeness (QED) is 0.555. The smallest absolute Gasteiger partial charge is 0.311 e. The number of hydrogen-bond acceptors (Lipinski definition) is 6. The van der Waals surface area contributed by atoms with Gasteiger partial charge in [-0.05, 0) is 17.7 Å². The molecule has 0 aliphatic carbocycles. The number of nitrogens with zero attached hydrogens (tertiary/aromatic N) is 4. The minimum absolute atomic E-state index is 0.00726. The van der Waals surface area contributed by atoms with Crippen molar-refractivity contribution in [3.63, 3.8) is 0 Å². The minimum atomic E-state index is -0.464. The van der Waals surface area contributed by atoms with Crippen molar-refractivity contribution in [3.8, 4) is 12.3 Å². The van der Waals surface area contributed by atoms with Crippen molar-refractivity contribution in [1.82, 2.24) is 9.88 Å². The summed E-state index contributed by atoms with van der Waals surface area (Å²) in [5, 5.41) is 8.13. The Labute approximate surface area is 152 Å². The summed E-state index contributed by atoms with van der Waals surface area (Å²) >= 11 is 0. The normalized spacial score (nSPS) is 22.7. The molecule has 1 aromatic rings. The fourth-order valence-electron chi connectivity index (χ4n) is 3.48. The van der Waals surface area contributed by atoms with Crippen molar-refractivity contribution >= 4 is 11.9 Å². The van der Waals surface area contributed by atoms with Crippen molar-refractivity contribution in [2.45, 2.75) is 37.3 Å². The summed E-state index contributed by atoms with van der Waals surface area (Å²) in [5.41, 5.74) is 0.525. The van der Waals surface area contributed by atoms with Gasteiger partial charge in [-0.15, -0.1) is 12.3 Å². The first-order valence-electron chi connectivity index (χ1n) is 8.71. The molecule has 0 bridgehead atoms. The fraction of sp³-hybridized carbons (Fsp3) is 0.526. The second-order valence-electron chi connectivity index (χ2n) is 6.70. The molecule has 3 rings (SSSR count). The third-order valence-corrected chi connectivity index (χ3v) is 5.10. The molecule has 1 fully saturated rings. The first-order chi connectivity index (χ1) is 12.6. The molecule has 0 saturated carbocycles. The molecule has 2 aliphatic rings. The van der Waals surface area contributed by atoms with E-state index in [2.05, 4.69) is 21.1 Å². The van der Waals surface area contributed by atoms with E-state index in [9.17, 15) is 9.59 Å². The van der Waals surface area contributed by atoms with Crippen LogP contribution in [-0.4, -0.2) is 47.6 Å². The lowest BCUT2D eigenvalue weighted by atomic mass is 9.90. The van der Waals surface area contributed by atoms with E-state index >= 15 is 0 Å². The molecule has 7 heteroatoms. The molecule has 136 valence electrons. The molecule has 0 spiro atoms. The molecule has 1 saturated heterocycles. The van der Waals surface area contributed by atoms with Crippen LogP contribution in [0.25, 0.3) is 0 Å². The van der Waals surface area contributed by atoms with Crippen LogP contribution in [-0.2, 0) is 14.3 Å². The maximum Gasteiger partial charge on any atom is 0.311 e. The van der Waals surface area contributed by atoms with E-state index in [1.165, 1.54) is 7.11 Å². The van der Waals surface area contributed by atoms with Crippen LogP contribution in [0.15, 0.2) is 34.8 Å². The molecule has 0 unspecified atom stereocenters. The zero-order chi connectivity index (χ0) is 18.6. The summed E-state index contributed by atoms with van der Waals surface area (Å²) in [6, 6.07) is 3.76. The molecule has 0 N–H and O–H groups in total. The number of terminal acetylenes is 1. The number of amides is 1. The van der Waals surface area contributed by atoms with Gasteiger partial charge in [0, 0.05) is 57.1 Å². The number of esters is 1. The van der Waals surface area contributed by atoms with Gasteiger partial charge in [0.25, 0.3) is 0 Å². The van der Waals surface area contributed by atoms with Gasteiger partial charge in [0.15, 0.2) is 5.66 Å². The molecular weight excluding hydrogens is 332 g/mol. The Kier molecular flexibility index (Phi) is 5.31. The average Bonchev–Trinajstić information content (AvgIpc) is 3.31. The van der Waals surface area contributed by atoms with E-state index in [1.807, 2.05) is 12.1 Å². The highest BCUT2D eigenvalue weighted by atomic mass is 16.5. The second-order valence-corrected chi connectivity index (χ2v) is 6.70. The van der Waals surface area contributed by atoms with Crippen LogP contribution < -0.4 is 0 Å². The zero-order valence-electron chi connectivity index (χ0n) is 14.8. The summed E-state index contributed by atoms with van der Waals surface area (Å²) in [5.74, 6) is 1.85. The number of ether oxygens (including phenoxy) is 1. The van der Waals surface area contributed by atoms with Gasteiger partial charge in [-0.25, -0.2) is 0 Å². The van der Waals surface area contributed by atoms with Crippen molar-refractivity contribution in [2.24, 2.45) is 16.1 Å². The molecule has 0 radical (unpaired) electrons. The summed E-state index contributed by atoms with van der Waals surface area (Å²) in [6.07, 6.45) is 10.9. The first kappa shape index (κ1) is 18.1. The molecule has 7 nitrogen and oxygen atoms in total. The number of carbonyl (C=O) groups is 2. The zero-order valence-corrected chi connectivity index (χ0v) is 14.8. The Balaban J connectivity index is 1.62. The Morgan fingerprint density at radius 1 is 1.31 bits per heavy atom. The number of aromatic nitrogens is 1. The van der Waals surface area contributed by atoms with E-state index in [0.717, 1.165) is 5.56 Å². The van der Waals surface area contributed by atoms with Gasteiger partial charge in [-0.1, -0.05) is 0 Å². The van der Waals surface area contributed by atoms with Crippen LogP contribution in [0.4, 0.5) is 0 Å². The van der Waals surface area contributed by atoms with E-state index in [4.69, 9.17) is 11.2 Å². The van der Waals surface area contributed by atoms with Crippen molar-refractivity contribution in [1.29, 1.82) is 0 Å². The van der Waals surface area contributed by atoms with Crippen LogP contribution in [0.1, 0.15) is 37.2 Å². The summed E-state index contributed by atoms with van der Waals surface area (Å²) in [7, 11) is 1.38. The Bertz CT molecular complexity index is 735. The number of likely N-dealkylation sites (tertiary alicyclic amines) is 1. The topological polar surface area (TPSA) is 84.2 Å². The predicted octanol–water partition coefficient (Wildman–Crippen LogP) is 2.15. The Morgan fingerprint density at radius 3 is 2.65 bits per heavy atom. The Hall–Kier alpha value is -2.75. The lowest BCUT2D eigenvalue weighted by Crippen LogP contribution is -2.31. The van der Waals surface area contributed by atoms with Crippen molar-refractivity contribution < 1.29 is 14.3 Å². The van der Waals surface area contributed by atoms with Crippen LogP contribution in [0.5, 0.6) is 0 Å². The summed E-state index contributed by atoms with van der Waals surface area (Å²) < 4.78 is 4.94. The van der Waals surface area contributed by atoms with Crippen LogP contribution in [0.3, 0.4) is 0 Å². The Morgan fingerprint density at radius 2 is 2.04 bits per heavy atom. The fourth-order valence-corrected chi connectivity index (χ4v) is 3.48. The van der Waals surface area contributed by atoms with Gasteiger partial charge in [0.1, 0.15) is 0 Å². The number of methoxy groups -OCH3 is 1. The largest absolute Gasteiger partial charge is 0.469 e. The van der Waals surface area contributed by atoms with E-state index in [1.54, 1.807) is 17.3 Å². The third-order valence-electron chi connectivity index (χ3n) is 5.10. The van der Waals surface area contributed by atoms with Crippen molar-refractivity contribution in [3.05, 3.63) is 30.1 Å². The van der Waals surface area contributed by atoms with E-state index in [-0.39, 0.29) is 23.7 Å². The number of rotatable bonds is 7. The lowest BCUT2D eigenvalue weighted by Gasteiger charge is -2.17. The van der Waals surface area contributed by atoms with Gasteiger partial charge in [-0.3, -0.25) is 14.6 Å².